The largest absolute Gasteiger partial charge is 0.376 e. The van der Waals surface area contributed by atoms with E-state index >= 15 is 0 Å². The Bertz CT molecular complexity index is 532. The van der Waals surface area contributed by atoms with Crippen LogP contribution in [0.3, 0.4) is 0 Å². The summed E-state index contributed by atoms with van der Waals surface area (Å²) in [7, 11) is 0. The van der Waals surface area contributed by atoms with E-state index < -0.39 is 0 Å². The summed E-state index contributed by atoms with van der Waals surface area (Å²) >= 11 is 0. The monoisotopic (exact) mass is 317 g/mol. The molecule has 1 aromatic carbocycles. The maximum atomic E-state index is 12.2. The number of nitrogens with zero attached hydrogens (tertiary/aromatic N) is 1. The molecule has 1 aromatic rings. The molecule has 23 heavy (non-hydrogen) atoms. The van der Waals surface area contributed by atoms with E-state index in [1.807, 2.05) is 43.0 Å². The Morgan fingerprint density at radius 2 is 1.70 bits per heavy atom. The van der Waals surface area contributed by atoms with E-state index in [0.717, 1.165) is 43.2 Å². The molecule has 0 atom stereocenters. The van der Waals surface area contributed by atoms with E-state index in [1.165, 1.54) is 0 Å². The normalized spacial score (nSPS) is 15.6. The van der Waals surface area contributed by atoms with Crippen LogP contribution in [0.15, 0.2) is 24.3 Å². The number of hydrogen-bond donors (Lipinski definition) is 2. The number of piperidine rings is 1. The van der Waals surface area contributed by atoms with Crippen molar-refractivity contribution in [2.45, 2.75) is 33.6 Å². The van der Waals surface area contributed by atoms with Crippen LogP contribution in [0, 0.1) is 11.8 Å². The Morgan fingerprint density at radius 3 is 2.26 bits per heavy atom. The average molecular weight is 317 g/mol. The second kappa shape index (κ2) is 7.99. The van der Waals surface area contributed by atoms with Crippen molar-refractivity contribution in [2.75, 3.05) is 30.3 Å². The molecule has 0 radical (unpaired) electrons. The van der Waals surface area contributed by atoms with Gasteiger partial charge in [0.2, 0.25) is 11.8 Å². The van der Waals surface area contributed by atoms with E-state index in [9.17, 15) is 9.59 Å². The minimum atomic E-state index is -0.0438. The molecule has 0 spiro atoms. The zero-order valence-electron chi connectivity index (χ0n) is 14.3. The number of carbonyl (C=O) groups is 2. The summed E-state index contributed by atoms with van der Waals surface area (Å²) in [5.41, 5.74) is 1.65. The van der Waals surface area contributed by atoms with Gasteiger partial charge in [0.05, 0.1) is 6.54 Å². The van der Waals surface area contributed by atoms with Gasteiger partial charge in [-0.05, 0) is 43.0 Å². The number of rotatable bonds is 5. The fraction of sp³-hybridized carbons (Fsp3) is 0.556. The van der Waals surface area contributed by atoms with Gasteiger partial charge >= 0.3 is 0 Å². The van der Waals surface area contributed by atoms with Gasteiger partial charge in [0.15, 0.2) is 0 Å². The van der Waals surface area contributed by atoms with Gasteiger partial charge in [-0.2, -0.15) is 0 Å². The first-order chi connectivity index (χ1) is 11.0. The Morgan fingerprint density at radius 1 is 1.13 bits per heavy atom. The second-order valence-electron chi connectivity index (χ2n) is 6.64. The summed E-state index contributed by atoms with van der Waals surface area (Å²) < 4.78 is 0. The molecular weight excluding hydrogens is 290 g/mol. The highest BCUT2D eigenvalue weighted by Crippen LogP contribution is 2.17. The Kier molecular flexibility index (Phi) is 6.02. The fourth-order valence-corrected chi connectivity index (χ4v) is 2.51. The first-order valence-corrected chi connectivity index (χ1v) is 8.38. The van der Waals surface area contributed by atoms with Gasteiger partial charge in [-0.3, -0.25) is 9.59 Å². The molecule has 0 aliphatic carbocycles. The number of carbonyl (C=O) groups excluding carboxylic acids is 2. The van der Waals surface area contributed by atoms with E-state index in [-0.39, 0.29) is 17.7 Å². The summed E-state index contributed by atoms with van der Waals surface area (Å²) in [4.78, 5) is 25.7. The van der Waals surface area contributed by atoms with Crippen LogP contribution in [-0.4, -0.2) is 36.3 Å². The fourth-order valence-electron chi connectivity index (χ4n) is 2.51. The lowest BCUT2D eigenvalue weighted by atomic mass is 9.99. The van der Waals surface area contributed by atoms with Gasteiger partial charge in [0, 0.05) is 30.4 Å². The number of amides is 2. The molecule has 0 bridgehead atoms. The van der Waals surface area contributed by atoms with E-state index in [1.54, 1.807) is 0 Å². The first-order valence-electron chi connectivity index (χ1n) is 8.38. The Labute approximate surface area is 138 Å². The van der Waals surface area contributed by atoms with Crippen molar-refractivity contribution in [1.82, 2.24) is 4.90 Å². The third-order valence-corrected chi connectivity index (χ3v) is 4.26. The van der Waals surface area contributed by atoms with Crippen molar-refractivity contribution in [2.24, 2.45) is 11.8 Å². The highest BCUT2D eigenvalue weighted by atomic mass is 16.2. The quantitative estimate of drug-likeness (QED) is 0.878. The number of likely N-dealkylation sites (tertiary alicyclic amines) is 1. The topological polar surface area (TPSA) is 61.4 Å². The summed E-state index contributed by atoms with van der Waals surface area (Å²) in [6, 6.07) is 7.44. The minimum absolute atomic E-state index is 0.000198. The van der Waals surface area contributed by atoms with Crippen molar-refractivity contribution in [3.63, 3.8) is 0 Å². The highest BCUT2D eigenvalue weighted by molar-refractivity contribution is 5.92. The molecule has 1 fully saturated rings. The van der Waals surface area contributed by atoms with E-state index in [4.69, 9.17) is 0 Å². The lowest BCUT2D eigenvalue weighted by molar-refractivity contribution is -0.130. The maximum absolute atomic E-state index is 12.2. The van der Waals surface area contributed by atoms with E-state index in [2.05, 4.69) is 17.6 Å². The molecule has 1 heterocycles. The summed E-state index contributed by atoms with van der Waals surface area (Å²) in [5.74, 6) is 0.826. The van der Waals surface area contributed by atoms with Gasteiger partial charge in [-0.25, -0.2) is 0 Å². The van der Waals surface area contributed by atoms with Crippen molar-refractivity contribution in [3.8, 4) is 0 Å². The lowest BCUT2D eigenvalue weighted by Gasteiger charge is -2.30. The Hall–Kier alpha value is -2.04. The van der Waals surface area contributed by atoms with Crippen LogP contribution >= 0.6 is 0 Å². The molecular formula is C18H27N3O2. The molecule has 1 aliphatic heterocycles. The van der Waals surface area contributed by atoms with Gasteiger partial charge in [0.25, 0.3) is 0 Å². The SMILES string of the molecule is CC1CCN(C(=O)CNc2ccc(NC(=O)C(C)C)cc2)CC1. The van der Waals surface area contributed by atoms with Crippen LogP contribution < -0.4 is 10.6 Å². The van der Waals surface area contributed by atoms with Crippen LogP contribution in [0.1, 0.15) is 33.6 Å². The van der Waals surface area contributed by atoms with Gasteiger partial charge in [-0.15, -0.1) is 0 Å². The van der Waals surface area contributed by atoms with Crippen LogP contribution in [0.2, 0.25) is 0 Å². The molecule has 126 valence electrons. The molecule has 2 rings (SSSR count). The van der Waals surface area contributed by atoms with Crippen LogP contribution in [-0.2, 0) is 9.59 Å². The van der Waals surface area contributed by atoms with Crippen molar-refractivity contribution < 1.29 is 9.59 Å². The molecule has 0 unspecified atom stereocenters. The zero-order valence-corrected chi connectivity index (χ0v) is 14.3. The van der Waals surface area contributed by atoms with Crippen molar-refractivity contribution in [1.29, 1.82) is 0 Å². The molecule has 0 aromatic heterocycles. The number of anilines is 2. The number of nitrogens with one attached hydrogen (secondary N) is 2. The molecule has 5 heteroatoms. The maximum Gasteiger partial charge on any atom is 0.241 e. The number of benzene rings is 1. The molecule has 2 amide bonds. The smallest absolute Gasteiger partial charge is 0.241 e. The van der Waals surface area contributed by atoms with Crippen molar-refractivity contribution >= 4 is 23.2 Å². The number of hydrogen-bond acceptors (Lipinski definition) is 3. The van der Waals surface area contributed by atoms with Gasteiger partial charge in [0.1, 0.15) is 0 Å². The predicted molar refractivity (Wildman–Crippen MR) is 93.4 cm³/mol. The van der Waals surface area contributed by atoms with Crippen LogP contribution in [0.25, 0.3) is 0 Å². The third kappa shape index (κ3) is 5.27. The molecule has 5 nitrogen and oxygen atoms in total. The minimum Gasteiger partial charge on any atom is -0.376 e. The summed E-state index contributed by atoms with van der Waals surface area (Å²) in [6.07, 6.45) is 2.19. The molecule has 2 N–H and O–H groups in total. The zero-order chi connectivity index (χ0) is 16.8. The molecule has 0 saturated carbocycles. The van der Waals surface area contributed by atoms with Crippen LogP contribution in [0.4, 0.5) is 11.4 Å². The molecule has 1 aliphatic rings. The lowest BCUT2D eigenvalue weighted by Crippen LogP contribution is -2.40. The van der Waals surface area contributed by atoms with E-state index in [0.29, 0.717) is 6.54 Å². The second-order valence-corrected chi connectivity index (χ2v) is 6.64. The summed E-state index contributed by atoms with van der Waals surface area (Å²) in [5, 5.41) is 6.00. The van der Waals surface area contributed by atoms with Crippen molar-refractivity contribution in [3.05, 3.63) is 24.3 Å². The molecule has 1 saturated heterocycles. The summed E-state index contributed by atoms with van der Waals surface area (Å²) in [6.45, 7) is 7.99. The average Bonchev–Trinajstić information content (AvgIpc) is 2.54. The standard InChI is InChI=1S/C18H27N3O2/c1-13(2)18(23)20-16-6-4-15(5-7-16)19-12-17(22)21-10-8-14(3)9-11-21/h4-7,13-14,19H,8-12H2,1-3H3,(H,20,23). The van der Waals surface area contributed by atoms with Gasteiger partial charge in [-0.1, -0.05) is 20.8 Å². The highest BCUT2D eigenvalue weighted by Gasteiger charge is 2.19. The first kappa shape index (κ1) is 17.3. The third-order valence-electron chi connectivity index (χ3n) is 4.26. The van der Waals surface area contributed by atoms with Gasteiger partial charge < -0.3 is 15.5 Å². The predicted octanol–water partition coefficient (Wildman–Crippen LogP) is 2.95. The Balaban J connectivity index is 1.79. The van der Waals surface area contributed by atoms with Crippen LogP contribution in [0.5, 0.6) is 0 Å².